The predicted octanol–water partition coefficient (Wildman–Crippen LogP) is 2.10. The number of guanidine groups is 1. The molecule has 116 valence electrons. The fourth-order valence-corrected chi connectivity index (χ4v) is 3.27. The lowest BCUT2D eigenvalue weighted by Gasteiger charge is -2.10. The van der Waals surface area contributed by atoms with Gasteiger partial charge in [0.2, 0.25) is 5.96 Å². The minimum absolute atomic E-state index is 0.121. The van der Waals surface area contributed by atoms with E-state index in [9.17, 15) is 8.42 Å². The lowest BCUT2D eigenvalue weighted by molar-refractivity contribution is 0.591. The van der Waals surface area contributed by atoms with Gasteiger partial charge in [-0.25, -0.2) is 18.1 Å². The fourth-order valence-electron chi connectivity index (χ4n) is 2.09. The van der Waals surface area contributed by atoms with Crippen molar-refractivity contribution in [3.8, 4) is 0 Å². The zero-order chi connectivity index (χ0) is 16.2. The summed E-state index contributed by atoms with van der Waals surface area (Å²) >= 11 is 0. The Labute approximate surface area is 130 Å². The molecule has 0 aromatic heterocycles. The second-order valence-corrected chi connectivity index (χ2v) is 6.71. The van der Waals surface area contributed by atoms with Crippen LogP contribution in [-0.2, 0) is 16.6 Å². The van der Waals surface area contributed by atoms with Crippen LogP contribution in [-0.4, -0.2) is 14.4 Å². The topological polar surface area (TPSA) is 84.5 Å². The second-order valence-electron chi connectivity index (χ2n) is 5.06. The van der Waals surface area contributed by atoms with E-state index in [0.29, 0.717) is 12.1 Å². The first-order valence-corrected chi connectivity index (χ1v) is 8.31. The van der Waals surface area contributed by atoms with E-state index in [0.717, 1.165) is 11.1 Å². The highest BCUT2D eigenvalue weighted by atomic mass is 32.2. The van der Waals surface area contributed by atoms with Crippen molar-refractivity contribution in [1.82, 2.24) is 4.72 Å². The van der Waals surface area contributed by atoms with Gasteiger partial charge in [-0.05, 0) is 31.0 Å². The molecule has 6 heteroatoms. The molecule has 0 aliphatic heterocycles. The van der Waals surface area contributed by atoms with Gasteiger partial charge in [0.15, 0.2) is 0 Å². The zero-order valence-corrected chi connectivity index (χ0v) is 13.4. The average molecular weight is 317 g/mol. The van der Waals surface area contributed by atoms with Crippen LogP contribution in [0.3, 0.4) is 0 Å². The fraction of sp³-hybridized carbons (Fsp3) is 0.188. The Balaban J connectivity index is 2.14. The summed E-state index contributed by atoms with van der Waals surface area (Å²) in [6, 6.07) is 14.6. The molecule has 0 saturated carbocycles. The summed E-state index contributed by atoms with van der Waals surface area (Å²) in [5, 5.41) is 0. The van der Waals surface area contributed by atoms with Crippen molar-refractivity contribution in [2.45, 2.75) is 25.3 Å². The molecule has 3 N–H and O–H groups in total. The lowest BCUT2D eigenvalue weighted by atomic mass is 10.2. The number of sulfonamides is 1. The van der Waals surface area contributed by atoms with E-state index in [4.69, 9.17) is 5.73 Å². The summed E-state index contributed by atoms with van der Waals surface area (Å²) in [6.45, 7) is 3.98. The summed E-state index contributed by atoms with van der Waals surface area (Å²) in [5.74, 6) is -0.121. The molecule has 0 unspecified atom stereocenters. The van der Waals surface area contributed by atoms with Crippen LogP contribution < -0.4 is 10.5 Å². The summed E-state index contributed by atoms with van der Waals surface area (Å²) in [6.07, 6.45) is 0. The number of aryl methyl sites for hydroxylation is 2. The number of nitrogens with zero attached hydrogens (tertiary/aromatic N) is 1. The highest BCUT2D eigenvalue weighted by Gasteiger charge is 2.17. The molecule has 0 saturated heterocycles. The van der Waals surface area contributed by atoms with Gasteiger partial charge in [-0.3, -0.25) is 0 Å². The Morgan fingerprint density at radius 3 is 2.45 bits per heavy atom. The zero-order valence-electron chi connectivity index (χ0n) is 12.6. The summed E-state index contributed by atoms with van der Waals surface area (Å²) in [4.78, 5) is 4.26. The van der Waals surface area contributed by atoms with E-state index >= 15 is 0 Å². The summed E-state index contributed by atoms with van der Waals surface area (Å²) in [7, 11) is -3.72. The highest BCUT2D eigenvalue weighted by molar-refractivity contribution is 7.90. The number of nitrogens with two attached hydrogens (primary N) is 1. The molecule has 0 aliphatic rings. The molecule has 2 rings (SSSR count). The molecule has 2 aromatic rings. The van der Waals surface area contributed by atoms with E-state index in [1.54, 1.807) is 19.1 Å². The molecule has 0 aliphatic carbocycles. The van der Waals surface area contributed by atoms with Crippen LogP contribution in [0.4, 0.5) is 0 Å². The monoisotopic (exact) mass is 317 g/mol. The quantitative estimate of drug-likeness (QED) is 0.669. The average Bonchev–Trinajstić information content (AvgIpc) is 2.45. The number of nitrogens with one attached hydrogen (secondary N) is 1. The van der Waals surface area contributed by atoms with E-state index in [1.807, 2.05) is 43.3 Å². The summed E-state index contributed by atoms with van der Waals surface area (Å²) < 4.78 is 26.9. The van der Waals surface area contributed by atoms with Crippen molar-refractivity contribution in [2.75, 3.05) is 0 Å². The Morgan fingerprint density at radius 2 is 1.82 bits per heavy atom. The van der Waals surface area contributed by atoms with Crippen molar-refractivity contribution in [1.29, 1.82) is 0 Å². The van der Waals surface area contributed by atoms with Crippen LogP contribution >= 0.6 is 0 Å². The highest BCUT2D eigenvalue weighted by Crippen LogP contribution is 2.16. The Morgan fingerprint density at radius 1 is 1.14 bits per heavy atom. The van der Waals surface area contributed by atoms with Crippen molar-refractivity contribution in [3.05, 3.63) is 65.2 Å². The Hall–Kier alpha value is -2.34. The van der Waals surface area contributed by atoms with E-state index in [1.165, 1.54) is 0 Å². The number of benzene rings is 2. The van der Waals surface area contributed by atoms with Crippen molar-refractivity contribution >= 4 is 16.0 Å². The van der Waals surface area contributed by atoms with Gasteiger partial charge in [0, 0.05) is 0 Å². The van der Waals surface area contributed by atoms with Crippen molar-refractivity contribution in [2.24, 2.45) is 10.7 Å². The SMILES string of the molecule is Cc1ccc(S(=O)(=O)NC(N)=NCc2ccccc2)c(C)c1. The smallest absolute Gasteiger partial charge is 0.264 e. The van der Waals surface area contributed by atoms with Crippen LogP contribution in [0.25, 0.3) is 0 Å². The number of hydrogen-bond donors (Lipinski definition) is 2. The van der Waals surface area contributed by atoms with Crippen molar-refractivity contribution in [3.63, 3.8) is 0 Å². The van der Waals surface area contributed by atoms with Crippen LogP contribution in [0.5, 0.6) is 0 Å². The summed E-state index contributed by atoms with van der Waals surface area (Å²) in [5.41, 5.74) is 8.31. The third-order valence-electron chi connectivity index (χ3n) is 3.13. The number of hydrogen-bond acceptors (Lipinski definition) is 3. The molecular weight excluding hydrogens is 298 g/mol. The largest absolute Gasteiger partial charge is 0.369 e. The molecule has 0 spiro atoms. The molecular formula is C16H19N3O2S. The first kappa shape index (κ1) is 16.0. The molecule has 2 aromatic carbocycles. The van der Waals surface area contributed by atoms with Crippen LogP contribution in [0.15, 0.2) is 58.4 Å². The maximum Gasteiger partial charge on any atom is 0.264 e. The maximum atomic E-state index is 12.3. The predicted molar refractivity (Wildman–Crippen MR) is 88.0 cm³/mol. The maximum absolute atomic E-state index is 12.3. The standard InChI is InChI=1S/C16H19N3O2S/c1-12-8-9-15(13(2)10-12)22(20,21)19-16(17)18-11-14-6-4-3-5-7-14/h3-10H,11H2,1-2H3,(H3,17,18,19). The van der Waals surface area contributed by atoms with Gasteiger partial charge in [-0.2, -0.15) is 0 Å². The lowest BCUT2D eigenvalue weighted by Crippen LogP contribution is -2.37. The number of rotatable bonds is 4. The van der Waals surface area contributed by atoms with Crippen LogP contribution in [0.2, 0.25) is 0 Å². The van der Waals surface area contributed by atoms with Gasteiger partial charge in [0.25, 0.3) is 10.0 Å². The normalized spacial score (nSPS) is 12.2. The van der Waals surface area contributed by atoms with Crippen LogP contribution in [0, 0.1) is 13.8 Å². The minimum atomic E-state index is -3.72. The van der Waals surface area contributed by atoms with Gasteiger partial charge in [-0.1, -0.05) is 48.0 Å². The van der Waals surface area contributed by atoms with Gasteiger partial charge in [-0.15, -0.1) is 0 Å². The molecule has 0 radical (unpaired) electrons. The number of aliphatic imine (C=N–C) groups is 1. The molecule has 5 nitrogen and oxygen atoms in total. The first-order chi connectivity index (χ1) is 10.4. The van der Waals surface area contributed by atoms with E-state index in [2.05, 4.69) is 9.71 Å². The van der Waals surface area contributed by atoms with E-state index in [-0.39, 0.29) is 10.9 Å². The molecule has 0 bridgehead atoms. The third kappa shape index (κ3) is 4.08. The third-order valence-corrected chi connectivity index (χ3v) is 4.65. The van der Waals surface area contributed by atoms with Gasteiger partial charge in [0.1, 0.15) is 0 Å². The van der Waals surface area contributed by atoms with Crippen LogP contribution in [0.1, 0.15) is 16.7 Å². The minimum Gasteiger partial charge on any atom is -0.369 e. The molecule has 0 fully saturated rings. The molecule has 0 amide bonds. The van der Waals surface area contributed by atoms with E-state index < -0.39 is 10.0 Å². The van der Waals surface area contributed by atoms with Gasteiger partial charge in [0.05, 0.1) is 11.4 Å². The molecule has 0 heterocycles. The Kier molecular flexibility index (Phi) is 4.82. The Bertz CT molecular complexity index is 784. The van der Waals surface area contributed by atoms with Gasteiger partial charge < -0.3 is 5.73 Å². The first-order valence-electron chi connectivity index (χ1n) is 6.82. The van der Waals surface area contributed by atoms with Gasteiger partial charge >= 0.3 is 0 Å². The van der Waals surface area contributed by atoms with Crippen molar-refractivity contribution < 1.29 is 8.42 Å². The second kappa shape index (κ2) is 6.62. The molecule has 0 atom stereocenters. The molecule has 22 heavy (non-hydrogen) atoms.